The molecule has 0 aromatic carbocycles. The molecule has 0 saturated carbocycles. The Morgan fingerprint density at radius 1 is 1.00 bits per heavy atom. The first-order chi connectivity index (χ1) is 14.5. The lowest BCUT2D eigenvalue weighted by atomic mass is 9.99. The van der Waals surface area contributed by atoms with Gasteiger partial charge in [0.2, 0.25) is 17.7 Å². The quantitative estimate of drug-likeness (QED) is 0.196. The summed E-state index contributed by atoms with van der Waals surface area (Å²) in [5.41, 5.74) is 6.01. The molecule has 1 heterocycles. The van der Waals surface area contributed by atoms with E-state index in [0.717, 1.165) is 0 Å². The smallest absolute Gasteiger partial charge is 0.326 e. The number of aliphatic hydroxyl groups excluding tert-OH is 1. The summed E-state index contributed by atoms with van der Waals surface area (Å²) in [6.07, 6.45) is 2.84. The molecule has 0 aliphatic heterocycles. The molecule has 0 aliphatic rings. The lowest BCUT2D eigenvalue weighted by Gasteiger charge is -2.28. The Balaban J connectivity index is 2.90. The van der Waals surface area contributed by atoms with Gasteiger partial charge in [-0.05, 0) is 11.8 Å². The fourth-order valence-electron chi connectivity index (χ4n) is 2.73. The van der Waals surface area contributed by atoms with E-state index in [1.54, 1.807) is 27.7 Å². The van der Waals surface area contributed by atoms with Crippen LogP contribution in [0.25, 0.3) is 0 Å². The zero-order chi connectivity index (χ0) is 23.7. The molecule has 4 unspecified atom stereocenters. The minimum Gasteiger partial charge on any atom is -0.480 e. The molecule has 12 nitrogen and oxygen atoms in total. The Labute approximate surface area is 180 Å². The molecule has 0 fully saturated rings. The second-order valence-electron chi connectivity index (χ2n) is 7.93. The zero-order valence-corrected chi connectivity index (χ0v) is 18.1. The number of carbonyl (C=O) groups excluding carboxylic acids is 3. The Morgan fingerprint density at radius 2 is 1.52 bits per heavy atom. The van der Waals surface area contributed by atoms with Gasteiger partial charge in [-0.2, -0.15) is 0 Å². The number of aromatic nitrogens is 2. The van der Waals surface area contributed by atoms with Gasteiger partial charge in [0.25, 0.3) is 0 Å². The van der Waals surface area contributed by atoms with Gasteiger partial charge in [0.05, 0.1) is 12.9 Å². The third-order valence-corrected chi connectivity index (χ3v) is 4.62. The van der Waals surface area contributed by atoms with Crippen LogP contribution in [-0.4, -0.2) is 74.6 Å². The van der Waals surface area contributed by atoms with E-state index >= 15 is 0 Å². The number of aliphatic carboxylic acids is 1. The molecular formula is C19H32N6O6. The number of nitrogens with two attached hydrogens (primary N) is 1. The second kappa shape index (κ2) is 12.0. The van der Waals surface area contributed by atoms with Crippen molar-refractivity contribution in [1.29, 1.82) is 0 Å². The van der Waals surface area contributed by atoms with E-state index < -0.39 is 54.5 Å². The zero-order valence-electron chi connectivity index (χ0n) is 18.1. The number of amides is 3. The van der Waals surface area contributed by atoms with E-state index in [9.17, 15) is 24.3 Å². The van der Waals surface area contributed by atoms with E-state index in [1.165, 1.54) is 12.5 Å². The highest BCUT2D eigenvalue weighted by atomic mass is 16.4. The maximum Gasteiger partial charge on any atom is 0.326 e. The number of hydrogen-bond donors (Lipinski definition) is 7. The summed E-state index contributed by atoms with van der Waals surface area (Å²) < 4.78 is 0. The molecule has 1 aromatic heterocycles. The molecule has 4 atom stereocenters. The van der Waals surface area contributed by atoms with Crippen molar-refractivity contribution in [2.75, 3.05) is 6.61 Å². The summed E-state index contributed by atoms with van der Waals surface area (Å²) in [6, 6.07) is -4.45. The Bertz CT molecular complexity index is 751. The van der Waals surface area contributed by atoms with Crippen molar-refractivity contribution in [3.63, 3.8) is 0 Å². The minimum atomic E-state index is -1.23. The first-order valence-electron chi connectivity index (χ1n) is 9.95. The normalized spacial score (nSPS) is 15.1. The van der Waals surface area contributed by atoms with Crippen molar-refractivity contribution >= 4 is 23.7 Å². The number of imidazole rings is 1. The third-order valence-electron chi connectivity index (χ3n) is 4.62. The number of H-pyrrole nitrogens is 1. The molecule has 3 amide bonds. The van der Waals surface area contributed by atoms with Crippen LogP contribution in [0.2, 0.25) is 0 Å². The number of nitrogens with one attached hydrogen (secondary N) is 4. The molecule has 1 rings (SSSR count). The van der Waals surface area contributed by atoms with E-state index in [1.807, 2.05) is 0 Å². The largest absolute Gasteiger partial charge is 0.480 e. The number of nitrogens with zero attached hydrogens (tertiary/aromatic N) is 1. The maximum atomic E-state index is 12.8. The van der Waals surface area contributed by atoms with E-state index in [0.29, 0.717) is 5.69 Å². The lowest BCUT2D eigenvalue weighted by Crippen LogP contribution is -2.60. The van der Waals surface area contributed by atoms with Crippen molar-refractivity contribution in [3.8, 4) is 0 Å². The first-order valence-corrected chi connectivity index (χ1v) is 9.95. The fraction of sp³-hybridized carbons (Fsp3) is 0.632. The highest BCUT2D eigenvalue weighted by Gasteiger charge is 2.33. The number of aliphatic hydroxyl groups is 1. The van der Waals surface area contributed by atoms with Crippen molar-refractivity contribution in [3.05, 3.63) is 18.2 Å². The van der Waals surface area contributed by atoms with Crippen LogP contribution < -0.4 is 21.7 Å². The van der Waals surface area contributed by atoms with Crippen molar-refractivity contribution in [2.24, 2.45) is 17.6 Å². The number of carboxylic acids is 1. The van der Waals surface area contributed by atoms with Crippen molar-refractivity contribution < 1.29 is 29.4 Å². The summed E-state index contributed by atoms with van der Waals surface area (Å²) in [5.74, 6) is -3.93. The van der Waals surface area contributed by atoms with Crippen LogP contribution in [0, 0.1) is 11.8 Å². The molecule has 0 radical (unpaired) electrons. The van der Waals surface area contributed by atoms with Crippen LogP contribution in [0.1, 0.15) is 33.4 Å². The average molecular weight is 441 g/mol. The van der Waals surface area contributed by atoms with Crippen LogP contribution in [-0.2, 0) is 25.6 Å². The average Bonchev–Trinajstić information content (AvgIpc) is 3.20. The summed E-state index contributed by atoms with van der Waals surface area (Å²) >= 11 is 0. The molecule has 0 saturated heterocycles. The van der Waals surface area contributed by atoms with Gasteiger partial charge in [-0.25, -0.2) is 9.78 Å². The molecule has 12 heteroatoms. The van der Waals surface area contributed by atoms with Gasteiger partial charge in [-0.3, -0.25) is 14.4 Å². The van der Waals surface area contributed by atoms with Crippen LogP contribution in [0.4, 0.5) is 0 Å². The molecule has 174 valence electrons. The Kier molecular flexibility index (Phi) is 10.1. The van der Waals surface area contributed by atoms with Crippen molar-refractivity contribution in [2.45, 2.75) is 58.3 Å². The highest BCUT2D eigenvalue weighted by Crippen LogP contribution is 2.08. The van der Waals surface area contributed by atoms with E-state index in [4.69, 9.17) is 10.8 Å². The molecule has 0 spiro atoms. The second-order valence-corrected chi connectivity index (χ2v) is 7.93. The van der Waals surface area contributed by atoms with E-state index in [2.05, 4.69) is 25.9 Å². The molecule has 31 heavy (non-hydrogen) atoms. The number of aromatic amines is 1. The van der Waals surface area contributed by atoms with Crippen LogP contribution in [0.3, 0.4) is 0 Å². The van der Waals surface area contributed by atoms with Gasteiger partial charge < -0.3 is 36.9 Å². The van der Waals surface area contributed by atoms with Gasteiger partial charge >= 0.3 is 5.97 Å². The number of carbonyl (C=O) groups is 4. The minimum absolute atomic E-state index is 0.0104. The topological polar surface area (TPSA) is 200 Å². The van der Waals surface area contributed by atoms with Gasteiger partial charge in [0, 0.05) is 18.3 Å². The number of carboxylic acid groups (broad SMARTS) is 1. The Morgan fingerprint density at radius 3 is 1.94 bits per heavy atom. The lowest BCUT2D eigenvalue weighted by molar-refractivity contribution is -0.142. The molecule has 0 aliphatic carbocycles. The third kappa shape index (κ3) is 7.98. The number of rotatable bonds is 12. The number of hydrogen-bond acceptors (Lipinski definition) is 7. The Hall–Kier alpha value is -2.99. The van der Waals surface area contributed by atoms with E-state index in [-0.39, 0.29) is 18.3 Å². The predicted molar refractivity (Wildman–Crippen MR) is 110 cm³/mol. The molecular weight excluding hydrogens is 408 g/mol. The van der Waals surface area contributed by atoms with Gasteiger partial charge in [-0.1, -0.05) is 27.7 Å². The first kappa shape index (κ1) is 26.0. The summed E-state index contributed by atoms with van der Waals surface area (Å²) in [5, 5.41) is 25.9. The SMILES string of the molecule is CC(C)C(NC(=O)C(N)CO)C(=O)NC(C(=O)NC(Cc1cnc[nH]1)C(=O)O)C(C)C. The predicted octanol–water partition coefficient (Wildman–Crippen LogP) is -1.88. The summed E-state index contributed by atoms with van der Waals surface area (Å²) in [6.45, 7) is 6.20. The molecule has 8 N–H and O–H groups in total. The summed E-state index contributed by atoms with van der Waals surface area (Å²) in [4.78, 5) is 55.7. The molecule has 0 bridgehead atoms. The van der Waals surface area contributed by atoms with Crippen LogP contribution >= 0.6 is 0 Å². The summed E-state index contributed by atoms with van der Waals surface area (Å²) in [7, 11) is 0. The van der Waals surface area contributed by atoms with Crippen molar-refractivity contribution in [1.82, 2.24) is 25.9 Å². The van der Waals surface area contributed by atoms with Gasteiger partial charge in [0.1, 0.15) is 24.2 Å². The fourth-order valence-corrected chi connectivity index (χ4v) is 2.73. The highest BCUT2D eigenvalue weighted by molar-refractivity contribution is 5.94. The van der Waals surface area contributed by atoms with Gasteiger partial charge in [-0.15, -0.1) is 0 Å². The van der Waals surface area contributed by atoms with Crippen LogP contribution in [0.5, 0.6) is 0 Å². The van der Waals surface area contributed by atoms with Crippen LogP contribution in [0.15, 0.2) is 12.5 Å². The maximum absolute atomic E-state index is 12.8. The molecule has 1 aromatic rings. The monoisotopic (exact) mass is 440 g/mol. The van der Waals surface area contributed by atoms with Gasteiger partial charge in [0.15, 0.2) is 0 Å². The standard InChI is InChI=1S/C19H32N6O6/c1-9(2)14(17(28)23-13(19(30)31)5-11-6-21-8-22-11)25-18(29)15(10(3)4)24-16(27)12(20)7-26/h6,8-10,12-15,26H,5,7,20H2,1-4H3,(H,21,22)(H,23,28)(H,24,27)(H,25,29)(H,30,31).